The van der Waals surface area contributed by atoms with Gasteiger partial charge in [-0.05, 0) is 34.2 Å². The van der Waals surface area contributed by atoms with Gasteiger partial charge in [0.2, 0.25) is 5.88 Å². The number of aromatic nitrogens is 1. The van der Waals surface area contributed by atoms with Gasteiger partial charge < -0.3 is 4.74 Å². The number of aldehydes is 1. The van der Waals surface area contributed by atoms with E-state index < -0.39 is 12.2 Å². The minimum absolute atomic E-state index is 0.0540. The summed E-state index contributed by atoms with van der Waals surface area (Å²) in [7, 11) is 0. The zero-order valence-electron chi connectivity index (χ0n) is 7.52. The van der Waals surface area contributed by atoms with Crippen LogP contribution in [0.5, 0.6) is 5.88 Å². The van der Waals surface area contributed by atoms with E-state index >= 15 is 0 Å². The fraction of sp³-hybridized carbons (Fsp3) is 0.250. The number of halogens is 5. The highest BCUT2D eigenvalue weighted by Gasteiger charge is 2.33. The van der Waals surface area contributed by atoms with Gasteiger partial charge in [0.05, 0.1) is 5.56 Å². The van der Waals surface area contributed by atoms with Gasteiger partial charge in [-0.3, -0.25) is 4.79 Å². The Bertz CT molecular complexity index is 411. The highest BCUT2D eigenvalue weighted by Crippen LogP contribution is 2.26. The van der Waals surface area contributed by atoms with Gasteiger partial charge in [0.1, 0.15) is 3.70 Å². The Morgan fingerprint density at radius 1 is 1.56 bits per heavy atom. The number of alkyl halides is 4. The van der Waals surface area contributed by atoms with E-state index in [1.54, 1.807) is 22.6 Å². The van der Waals surface area contributed by atoms with Crippen molar-refractivity contribution in [3.63, 3.8) is 0 Å². The Morgan fingerprint density at radius 3 is 2.62 bits per heavy atom. The number of nitrogens with zero attached hydrogens (tertiary/aromatic N) is 1. The summed E-state index contributed by atoms with van der Waals surface area (Å²) >= 11 is 7.23. The molecule has 0 radical (unpaired) electrons. The van der Waals surface area contributed by atoms with Crippen molar-refractivity contribution >= 4 is 40.5 Å². The molecule has 1 rings (SSSR count). The van der Waals surface area contributed by atoms with Crippen LogP contribution in [0.2, 0.25) is 0 Å². The third-order valence-electron chi connectivity index (χ3n) is 1.52. The SMILES string of the molecule is O=Cc1cc(CCl)c(I)nc1OC(F)(F)F. The van der Waals surface area contributed by atoms with E-state index in [0.717, 1.165) is 0 Å². The van der Waals surface area contributed by atoms with Crippen LogP contribution in [0.3, 0.4) is 0 Å². The summed E-state index contributed by atoms with van der Waals surface area (Å²) in [4.78, 5) is 14.1. The van der Waals surface area contributed by atoms with Gasteiger partial charge in [-0.25, -0.2) is 4.98 Å². The molecule has 0 aliphatic heterocycles. The lowest BCUT2D eigenvalue weighted by atomic mass is 10.2. The van der Waals surface area contributed by atoms with Gasteiger partial charge in [0.25, 0.3) is 0 Å². The molecular formula is C8H4ClF3INO2. The van der Waals surface area contributed by atoms with Crippen molar-refractivity contribution in [3.05, 3.63) is 20.9 Å². The third-order valence-corrected chi connectivity index (χ3v) is 2.75. The lowest BCUT2D eigenvalue weighted by Gasteiger charge is -2.11. The molecule has 1 aromatic rings. The Morgan fingerprint density at radius 2 is 2.19 bits per heavy atom. The molecule has 0 aliphatic rings. The Balaban J connectivity index is 3.18. The van der Waals surface area contributed by atoms with E-state index in [0.29, 0.717) is 5.56 Å². The van der Waals surface area contributed by atoms with Crippen LogP contribution < -0.4 is 4.74 Å². The van der Waals surface area contributed by atoms with Gasteiger partial charge in [0, 0.05) is 5.88 Å². The molecule has 0 amide bonds. The maximum absolute atomic E-state index is 12.0. The molecule has 0 aliphatic carbocycles. The van der Waals surface area contributed by atoms with E-state index in [-0.39, 0.29) is 21.4 Å². The van der Waals surface area contributed by atoms with E-state index in [1.165, 1.54) is 6.07 Å². The quantitative estimate of drug-likeness (QED) is 0.358. The third kappa shape index (κ3) is 3.48. The van der Waals surface area contributed by atoms with Gasteiger partial charge in [-0.15, -0.1) is 24.8 Å². The maximum atomic E-state index is 12.0. The zero-order valence-corrected chi connectivity index (χ0v) is 10.4. The second-order valence-corrected chi connectivity index (χ2v) is 3.92. The smallest absolute Gasteiger partial charge is 0.387 e. The normalized spacial score (nSPS) is 11.3. The number of carbonyl (C=O) groups is 1. The summed E-state index contributed by atoms with van der Waals surface area (Å²) in [6.07, 6.45) is -4.64. The van der Waals surface area contributed by atoms with Crippen molar-refractivity contribution in [2.24, 2.45) is 0 Å². The average Bonchev–Trinajstić information content (AvgIpc) is 2.16. The van der Waals surface area contributed by atoms with Crippen molar-refractivity contribution in [1.82, 2.24) is 4.98 Å². The molecule has 1 aromatic heterocycles. The summed E-state index contributed by atoms with van der Waals surface area (Å²) in [5.74, 6) is -0.709. The Labute approximate surface area is 107 Å². The number of hydrogen-bond donors (Lipinski definition) is 0. The number of rotatable bonds is 3. The lowest BCUT2D eigenvalue weighted by molar-refractivity contribution is -0.276. The van der Waals surface area contributed by atoms with Gasteiger partial charge in [-0.1, -0.05) is 0 Å². The van der Waals surface area contributed by atoms with E-state index in [9.17, 15) is 18.0 Å². The summed E-state index contributed by atoms with van der Waals surface area (Å²) in [6, 6.07) is 1.22. The first-order valence-corrected chi connectivity index (χ1v) is 5.45. The van der Waals surface area contributed by atoms with Crippen LogP contribution in [-0.4, -0.2) is 17.6 Å². The van der Waals surface area contributed by atoms with E-state index in [4.69, 9.17) is 11.6 Å². The molecule has 16 heavy (non-hydrogen) atoms. The first-order valence-electron chi connectivity index (χ1n) is 3.83. The first kappa shape index (κ1) is 13.5. The van der Waals surface area contributed by atoms with Crippen LogP contribution in [0.4, 0.5) is 13.2 Å². The van der Waals surface area contributed by atoms with Crippen molar-refractivity contribution < 1.29 is 22.7 Å². The molecule has 88 valence electrons. The summed E-state index contributed by atoms with van der Waals surface area (Å²) in [6.45, 7) is 0. The molecule has 0 unspecified atom stereocenters. The van der Waals surface area contributed by atoms with Crippen LogP contribution >= 0.6 is 34.2 Å². The van der Waals surface area contributed by atoms with Gasteiger partial charge >= 0.3 is 6.36 Å². The monoisotopic (exact) mass is 365 g/mol. The standard InChI is InChI=1S/C8H4ClF3INO2/c9-2-4-1-5(3-15)7(14-6(4)13)16-8(10,11)12/h1,3H,2H2. The van der Waals surface area contributed by atoms with E-state index in [1.807, 2.05) is 0 Å². The van der Waals surface area contributed by atoms with Crippen LogP contribution in [0.1, 0.15) is 15.9 Å². The minimum atomic E-state index is -4.88. The number of ether oxygens (including phenoxy) is 1. The Hall–Kier alpha value is -0.570. The van der Waals surface area contributed by atoms with Crippen LogP contribution in [-0.2, 0) is 5.88 Å². The molecule has 0 aromatic carbocycles. The fourth-order valence-corrected chi connectivity index (χ4v) is 1.90. The molecular weight excluding hydrogens is 361 g/mol. The minimum Gasteiger partial charge on any atom is -0.387 e. The molecule has 0 saturated heterocycles. The molecule has 0 N–H and O–H groups in total. The van der Waals surface area contributed by atoms with Crippen LogP contribution in [0.15, 0.2) is 6.07 Å². The lowest BCUT2D eigenvalue weighted by Crippen LogP contribution is -2.19. The molecule has 0 saturated carbocycles. The van der Waals surface area contributed by atoms with Crippen molar-refractivity contribution in [2.45, 2.75) is 12.2 Å². The van der Waals surface area contributed by atoms with Crippen molar-refractivity contribution in [3.8, 4) is 5.88 Å². The summed E-state index contributed by atoms with van der Waals surface area (Å²) < 4.78 is 39.8. The number of hydrogen-bond acceptors (Lipinski definition) is 3. The first-order chi connectivity index (χ1) is 7.37. The highest BCUT2D eigenvalue weighted by atomic mass is 127. The molecule has 0 fully saturated rings. The van der Waals surface area contributed by atoms with Crippen molar-refractivity contribution in [1.29, 1.82) is 0 Å². The molecule has 0 spiro atoms. The highest BCUT2D eigenvalue weighted by molar-refractivity contribution is 14.1. The molecule has 3 nitrogen and oxygen atoms in total. The average molecular weight is 365 g/mol. The topological polar surface area (TPSA) is 39.2 Å². The van der Waals surface area contributed by atoms with Crippen LogP contribution in [0.25, 0.3) is 0 Å². The summed E-state index contributed by atoms with van der Waals surface area (Å²) in [5.41, 5.74) is 0.187. The second-order valence-electron chi connectivity index (χ2n) is 2.63. The second kappa shape index (κ2) is 5.17. The molecule has 0 bridgehead atoms. The number of pyridine rings is 1. The molecule has 0 atom stereocenters. The van der Waals surface area contributed by atoms with Gasteiger partial charge in [-0.2, -0.15) is 0 Å². The predicted molar refractivity (Wildman–Crippen MR) is 58.6 cm³/mol. The largest absolute Gasteiger partial charge is 0.574 e. The number of carbonyl (C=O) groups excluding carboxylic acids is 1. The Kier molecular flexibility index (Phi) is 4.36. The van der Waals surface area contributed by atoms with Crippen LogP contribution in [0, 0.1) is 3.70 Å². The van der Waals surface area contributed by atoms with Crippen molar-refractivity contribution in [2.75, 3.05) is 0 Å². The fourth-order valence-electron chi connectivity index (χ4n) is 0.904. The predicted octanol–water partition coefficient (Wildman–Crippen LogP) is 3.14. The maximum Gasteiger partial charge on any atom is 0.574 e. The molecule has 8 heteroatoms. The zero-order chi connectivity index (χ0) is 12.3. The van der Waals surface area contributed by atoms with E-state index in [2.05, 4.69) is 9.72 Å². The van der Waals surface area contributed by atoms with Gasteiger partial charge in [0.15, 0.2) is 6.29 Å². The molecule has 1 heterocycles. The summed E-state index contributed by atoms with van der Waals surface area (Å²) in [5, 5.41) is 0.